The van der Waals surface area contributed by atoms with Crippen molar-refractivity contribution in [2.75, 3.05) is 14.2 Å². The fourth-order valence-electron chi connectivity index (χ4n) is 1.07. The van der Waals surface area contributed by atoms with E-state index in [1.165, 1.54) is 0 Å². The summed E-state index contributed by atoms with van der Waals surface area (Å²) in [4.78, 5) is 43.9. The Balaban J connectivity index is 4.40. The summed E-state index contributed by atoms with van der Waals surface area (Å²) in [5.74, 6) is -3.28. The fourth-order valence-corrected chi connectivity index (χ4v) is 1.07. The second-order valence-corrected chi connectivity index (χ2v) is 3.32. The summed E-state index contributed by atoms with van der Waals surface area (Å²) in [7, 11) is 2.25. The lowest BCUT2D eigenvalue weighted by atomic mass is 10.2. The van der Waals surface area contributed by atoms with Gasteiger partial charge in [-0.25, -0.2) is 4.79 Å². The van der Waals surface area contributed by atoms with Crippen LogP contribution in [0.3, 0.4) is 0 Å². The minimum absolute atomic E-state index is 0.288. The second kappa shape index (κ2) is 8.04. The molecule has 0 spiro atoms. The second-order valence-electron chi connectivity index (χ2n) is 3.32. The Hall–Kier alpha value is -2.12. The molecule has 0 aliphatic heterocycles. The molecular weight excluding hydrogens is 246 g/mol. The molecule has 0 rings (SSSR count). The third kappa shape index (κ3) is 6.46. The maximum atomic E-state index is 11.3. The van der Waals surface area contributed by atoms with E-state index in [2.05, 4.69) is 14.8 Å². The zero-order valence-corrected chi connectivity index (χ0v) is 10.1. The van der Waals surface area contributed by atoms with E-state index >= 15 is 0 Å². The highest BCUT2D eigenvalue weighted by atomic mass is 16.5. The van der Waals surface area contributed by atoms with Crippen LogP contribution in [0.2, 0.25) is 0 Å². The van der Waals surface area contributed by atoms with Gasteiger partial charge >= 0.3 is 17.9 Å². The molecule has 8 heteroatoms. The number of rotatable bonds is 7. The zero-order valence-electron chi connectivity index (χ0n) is 10.1. The fraction of sp³-hybridized carbons (Fsp3) is 0.600. The number of esters is 2. The van der Waals surface area contributed by atoms with Crippen molar-refractivity contribution in [2.24, 2.45) is 0 Å². The average molecular weight is 261 g/mol. The molecule has 0 aromatic carbocycles. The summed E-state index contributed by atoms with van der Waals surface area (Å²) in [6.45, 7) is 0. The van der Waals surface area contributed by atoms with Crippen LogP contribution in [-0.4, -0.2) is 49.2 Å². The molecule has 0 radical (unpaired) electrons. The van der Waals surface area contributed by atoms with Crippen LogP contribution in [0, 0.1) is 0 Å². The molecule has 2 N–H and O–H groups in total. The smallest absolute Gasteiger partial charge is 0.328 e. The van der Waals surface area contributed by atoms with Crippen LogP contribution in [0.5, 0.6) is 0 Å². The average Bonchev–Trinajstić information content (AvgIpc) is 2.34. The summed E-state index contributed by atoms with van der Waals surface area (Å²) in [6, 6.07) is -1.18. The molecular formula is C10H15NO7. The monoisotopic (exact) mass is 261 g/mol. The summed E-state index contributed by atoms with van der Waals surface area (Å²) in [5.41, 5.74) is 0. The molecule has 1 atom stereocenters. The minimum atomic E-state index is -1.18. The van der Waals surface area contributed by atoms with Crippen molar-refractivity contribution >= 4 is 23.8 Å². The Labute approximate surface area is 103 Å². The van der Waals surface area contributed by atoms with Gasteiger partial charge < -0.3 is 19.9 Å². The number of hydrogen-bond acceptors (Lipinski definition) is 6. The van der Waals surface area contributed by atoms with E-state index in [1.807, 2.05) is 0 Å². The first kappa shape index (κ1) is 15.9. The molecule has 102 valence electrons. The highest BCUT2D eigenvalue weighted by molar-refractivity contribution is 5.88. The first-order valence-electron chi connectivity index (χ1n) is 5.06. The molecule has 1 amide bonds. The molecule has 0 heterocycles. The molecule has 0 saturated heterocycles. The van der Waals surface area contributed by atoms with E-state index in [4.69, 9.17) is 5.11 Å². The number of aliphatic carboxylic acids is 1. The number of hydrogen-bond donors (Lipinski definition) is 2. The van der Waals surface area contributed by atoms with Gasteiger partial charge in [0.1, 0.15) is 6.04 Å². The molecule has 1 unspecified atom stereocenters. The van der Waals surface area contributed by atoms with Gasteiger partial charge in [-0.3, -0.25) is 14.4 Å². The molecule has 8 nitrogen and oxygen atoms in total. The third-order valence-corrected chi connectivity index (χ3v) is 1.99. The Kier molecular flexibility index (Phi) is 7.10. The maximum absolute atomic E-state index is 11.3. The molecule has 0 aliphatic carbocycles. The van der Waals surface area contributed by atoms with E-state index < -0.39 is 29.9 Å². The quantitative estimate of drug-likeness (QED) is 0.568. The number of carboxylic acids is 1. The van der Waals surface area contributed by atoms with Gasteiger partial charge in [0.2, 0.25) is 5.91 Å². The van der Waals surface area contributed by atoms with Crippen LogP contribution in [0.4, 0.5) is 0 Å². The van der Waals surface area contributed by atoms with Crippen LogP contribution >= 0.6 is 0 Å². The first-order chi connectivity index (χ1) is 8.40. The van der Waals surface area contributed by atoms with E-state index in [-0.39, 0.29) is 19.3 Å². The van der Waals surface area contributed by atoms with E-state index in [9.17, 15) is 19.2 Å². The SMILES string of the molecule is COC(=O)CC(NC(=O)CCC(=O)O)C(=O)OC. The highest BCUT2D eigenvalue weighted by Gasteiger charge is 2.25. The van der Waals surface area contributed by atoms with E-state index in [0.29, 0.717) is 0 Å². The van der Waals surface area contributed by atoms with E-state index in [1.54, 1.807) is 0 Å². The Morgan fingerprint density at radius 2 is 1.72 bits per heavy atom. The molecule has 0 aromatic heterocycles. The number of carbonyl (C=O) groups is 4. The molecule has 0 aliphatic rings. The van der Waals surface area contributed by atoms with Gasteiger partial charge in [0.15, 0.2) is 0 Å². The zero-order chi connectivity index (χ0) is 14.1. The molecule has 0 fully saturated rings. The lowest BCUT2D eigenvalue weighted by molar-refractivity contribution is -0.150. The Morgan fingerprint density at radius 3 is 2.17 bits per heavy atom. The molecule has 0 aromatic rings. The van der Waals surface area contributed by atoms with Crippen molar-refractivity contribution in [2.45, 2.75) is 25.3 Å². The predicted octanol–water partition coefficient (Wildman–Crippen LogP) is -0.928. The summed E-state index contributed by atoms with van der Waals surface area (Å²) in [5, 5.41) is 10.6. The van der Waals surface area contributed by atoms with Crippen molar-refractivity contribution in [3.63, 3.8) is 0 Å². The Bertz CT molecular complexity index is 339. The Morgan fingerprint density at radius 1 is 1.11 bits per heavy atom. The van der Waals surface area contributed by atoms with Gasteiger partial charge in [0, 0.05) is 6.42 Å². The van der Waals surface area contributed by atoms with Crippen molar-refractivity contribution in [3.8, 4) is 0 Å². The standard InChI is InChI=1S/C10H15NO7/c1-17-9(15)5-6(10(16)18-2)11-7(12)3-4-8(13)14/h6H,3-5H2,1-2H3,(H,11,12)(H,13,14). The maximum Gasteiger partial charge on any atom is 0.328 e. The molecule has 0 bridgehead atoms. The number of ether oxygens (including phenoxy) is 2. The lowest BCUT2D eigenvalue weighted by Gasteiger charge is -2.14. The van der Waals surface area contributed by atoms with E-state index in [0.717, 1.165) is 14.2 Å². The van der Waals surface area contributed by atoms with Crippen molar-refractivity contribution in [1.29, 1.82) is 0 Å². The van der Waals surface area contributed by atoms with Crippen molar-refractivity contribution in [1.82, 2.24) is 5.32 Å². The first-order valence-corrected chi connectivity index (χ1v) is 5.06. The molecule has 18 heavy (non-hydrogen) atoms. The highest BCUT2D eigenvalue weighted by Crippen LogP contribution is 1.99. The van der Waals surface area contributed by atoms with Crippen LogP contribution in [0.25, 0.3) is 0 Å². The van der Waals surface area contributed by atoms with Gasteiger partial charge in [-0.05, 0) is 0 Å². The van der Waals surface area contributed by atoms with Gasteiger partial charge in [-0.15, -0.1) is 0 Å². The predicted molar refractivity (Wildman–Crippen MR) is 57.4 cm³/mol. The number of nitrogens with one attached hydrogen (secondary N) is 1. The summed E-state index contributed by atoms with van der Waals surface area (Å²) < 4.78 is 8.77. The number of carboxylic acid groups (broad SMARTS) is 1. The third-order valence-electron chi connectivity index (χ3n) is 1.99. The van der Waals surface area contributed by atoms with Gasteiger partial charge in [-0.2, -0.15) is 0 Å². The largest absolute Gasteiger partial charge is 0.481 e. The number of methoxy groups -OCH3 is 2. The number of amides is 1. The van der Waals surface area contributed by atoms with Gasteiger partial charge in [0.05, 0.1) is 27.1 Å². The van der Waals surface area contributed by atoms with Gasteiger partial charge in [0.25, 0.3) is 0 Å². The normalized spacial score (nSPS) is 11.2. The van der Waals surface area contributed by atoms with Crippen molar-refractivity contribution in [3.05, 3.63) is 0 Å². The van der Waals surface area contributed by atoms with Crippen molar-refractivity contribution < 1.29 is 33.8 Å². The summed E-state index contributed by atoms with van der Waals surface area (Å²) in [6.07, 6.45) is -1.02. The topological polar surface area (TPSA) is 119 Å². The van der Waals surface area contributed by atoms with Gasteiger partial charge in [-0.1, -0.05) is 0 Å². The summed E-state index contributed by atoms with van der Waals surface area (Å²) >= 11 is 0. The lowest BCUT2D eigenvalue weighted by Crippen LogP contribution is -2.43. The van der Waals surface area contributed by atoms with Crippen LogP contribution in [0.15, 0.2) is 0 Å². The minimum Gasteiger partial charge on any atom is -0.481 e. The van der Waals surface area contributed by atoms with Crippen LogP contribution in [-0.2, 0) is 28.7 Å². The number of carbonyl (C=O) groups excluding carboxylic acids is 3. The van der Waals surface area contributed by atoms with Crippen LogP contribution < -0.4 is 5.32 Å². The molecule has 0 saturated carbocycles. The van der Waals surface area contributed by atoms with Crippen LogP contribution in [0.1, 0.15) is 19.3 Å².